The molecule has 4 nitrogen and oxygen atoms in total. The summed E-state index contributed by atoms with van der Waals surface area (Å²) in [6, 6.07) is 5.98. The summed E-state index contributed by atoms with van der Waals surface area (Å²) in [6.07, 6.45) is 1.97. The van der Waals surface area contributed by atoms with Crippen molar-refractivity contribution in [3.8, 4) is 0 Å². The first-order chi connectivity index (χ1) is 9.04. The molecule has 1 aromatic carbocycles. The monoisotopic (exact) mass is 265 g/mol. The Labute approximate surface area is 110 Å². The van der Waals surface area contributed by atoms with Crippen LogP contribution in [0.2, 0.25) is 0 Å². The second kappa shape index (κ2) is 5.38. The van der Waals surface area contributed by atoms with Crippen LogP contribution < -0.4 is 5.32 Å². The van der Waals surface area contributed by atoms with Crippen LogP contribution >= 0.6 is 0 Å². The molecule has 1 amide bonds. The Hall–Kier alpha value is -1.91. The van der Waals surface area contributed by atoms with Gasteiger partial charge < -0.3 is 10.4 Å². The molecule has 0 saturated heterocycles. The van der Waals surface area contributed by atoms with Crippen molar-refractivity contribution in [3.05, 3.63) is 35.6 Å². The summed E-state index contributed by atoms with van der Waals surface area (Å²) in [5.41, 5.74) is 0.293. The van der Waals surface area contributed by atoms with Gasteiger partial charge in [-0.15, -0.1) is 0 Å². The normalized spacial score (nSPS) is 15.8. The molecule has 1 saturated carbocycles. The van der Waals surface area contributed by atoms with Gasteiger partial charge in [-0.1, -0.05) is 12.1 Å². The van der Waals surface area contributed by atoms with Crippen molar-refractivity contribution in [1.29, 1.82) is 0 Å². The highest BCUT2D eigenvalue weighted by atomic mass is 19.1. The zero-order valence-electron chi connectivity index (χ0n) is 10.5. The van der Waals surface area contributed by atoms with Crippen molar-refractivity contribution in [2.45, 2.75) is 31.1 Å². The molecule has 0 aromatic heterocycles. The molecule has 0 atom stereocenters. The first-order valence-electron chi connectivity index (χ1n) is 6.31. The number of halogens is 1. The van der Waals surface area contributed by atoms with Gasteiger partial charge in [0, 0.05) is 13.0 Å². The number of amides is 1. The van der Waals surface area contributed by atoms with E-state index in [9.17, 15) is 14.0 Å². The van der Waals surface area contributed by atoms with Gasteiger partial charge in [0.05, 0.1) is 5.41 Å². The highest BCUT2D eigenvalue weighted by Crippen LogP contribution is 2.48. The molecule has 0 bridgehead atoms. The van der Waals surface area contributed by atoms with E-state index >= 15 is 0 Å². The number of nitrogens with one attached hydrogen (secondary N) is 1. The van der Waals surface area contributed by atoms with Crippen LogP contribution in [0.3, 0.4) is 0 Å². The SMILES string of the molecule is O=C(O)CCCNC(=O)C1(c2ccc(F)cc2)CC1. The van der Waals surface area contributed by atoms with Crippen LogP contribution in [-0.2, 0) is 15.0 Å². The van der Waals surface area contributed by atoms with E-state index in [1.165, 1.54) is 12.1 Å². The molecule has 2 rings (SSSR count). The summed E-state index contributed by atoms with van der Waals surface area (Å²) >= 11 is 0. The predicted molar refractivity (Wildman–Crippen MR) is 67.2 cm³/mol. The molecule has 102 valence electrons. The zero-order valence-corrected chi connectivity index (χ0v) is 10.5. The van der Waals surface area contributed by atoms with E-state index in [-0.39, 0.29) is 18.1 Å². The molecule has 1 aromatic rings. The molecule has 0 spiro atoms. The Bertz CT molecular complexity index is 480. The van der Waals surface area contributed by atoms with E-state index in [4.69, 9.17) is 5.11 Å². The van der Waals surface area contributed by atoms with Crippen molar-refractivity contribution in [1.82, 2.24) is 5.32 Å². The third-order valence-electron chi connectivity index (χ3n) is 3.43. The highest BCUT2D eigenvalue weighted by Gasteiger charge is 2.50. The molecule has 0 unspecified atom stereocenters. The number of carbonyl (C=O) groups is 2. The van der Waals surface area contributed by atoms with E-state index in [0.717, 1.165) is 18.4 Å². The summed E-state index contributed by atoms with van der Waals surface area (Å²) in [6.45, 7) is 0.355. The van der Waals surface area contributed by atoms with Crippen molar-refractivity contribution in [3.63, 3.8) is 0 Å². The largest absolute Gasteiger partial charge is 0.481 e. The van der Waals surface area contributed by atoms with Gasteiger partial charge in [0.25, 0.3) is 0 Å². The molecule has 1 fully saturated rings. The van der Waals surface area contributed by atoms with E-state index in [2.05, 4.69) is 5.32 Å². The van der Waals surface area contributed by atoms with Gasteiger partial charge in [0.2, 0.25) is 5.91 Å². The van der Waals surface area contributed by atoms with E-state index in [0.29, 0.717) is 13.0 Å². The fourth-order valence-corrected chi connectivity index (χ4v) is 2.15. The van der Waals surface area contributed by atoms with E-state index in [1.54, 1.807) is 12.1 Å². The summed E-state index contributed by atoms with van der Waals surface area (Å²) in [7, 11) is 0. The zero-order chi connectivity index (χ0) is 13.9. The Morgan fingerprint density at radius 1 is 1.26 bits per heavy atom. The number of hydrogen-bond donors (Lipinski definition) is 2. The van der Waals surface area contributed by atoms with Crippen LogP contribution in [0.25, 0.3) is 0 Å². The summed E-state index contributed by atoms with van der Waals surface area (Å²) < 4.78 is 12.9. The lowest BCUT2D eigenvalue weighted by atomic mass is 9.95. The van der Waals surface area contributed by atoms with E-state index in [1.807, 2.05) is 0 Å². The van der Waals surface area contributed by atoms with E-state index < -0.39 is 11.4 Å². The minimum Gasteiger partial charge on any atom is -0.481 e. The fraction of sp³-hybridized carbons (Fsp3) is 0.429. The lowest BCUT2D eigenvalue weighted by molar-refractivity contribution is -0.137. The molecule has 19 heavy (non-hydrogen) atoms. The standard InChI is InChI=1S/C14H16FNO3/c15-11-5-3-10(4-6-11)14(7-8-14)13(19)16-9-1-2-12(17)18/h3-6H,1-2,7-9H2,(H,16,19)(H,17,18). The molecule has 1 aliphatic rings. The van der Waals surface area contributed by atoms with Gasteiger partial charge in [0.15, 0.2) is 0 Å². The van der Waals surface area contributed by atoms with Gasteiger partial charge in [-0.2, -0.15) is 0 Å². The van der Waals surface area contributed by atoms with Gasteiger partial charge in [-0.25, -0.2) is 4.39 Å². The van der Waals surface area contributed by atoms with Gasteiger partial charge in [-0.05, 0) is 37.0 Å². The lowest BCUT2D eigenvalue weighted by Gasteiger charge is -2.15. The van der Waals surface area contributed by atoms with Gasteiger partial charge in [-0.3, -0.25) is 9.59 Å². The minimum atomic E-state index is -0.867. The highest BCUT2D eigenvalue weighted by molar-refractivity contribution is 5.91. The number of benzene rings is 1. The summed E-state index contributed by atoms with van der Waals surface area (Å²) in [4.78, 5) is 22.5. The number of aliphatic carboxylic acids is 1. The van der Waals surface area contributed by atoms with Crippen LogP contribution in [-0.4, -0.2) is 23.5 Å². The maximum absolute atomic E-state index is 12.9. The Morgan fingerprint density at radius 3 is 2.42 bits per heavy atom. The molecule has 0 aliphatic heterocycles. The predicted octanol–water partition coefficient (Wildman–Crippen LogP) is 1.84. The number of carbonyl (C=O) groups excluding carboxylic acids is 1. The maximum Gasteiger partial charge on any atom is 0.303 e. The van der Waals surface area contributed by atoms with Crippen LogP contribution in [0.1, 0.15) is 31.2 Å². The molecule has 0 heterocycles. The van der Waals surface area contributed by atoms with Crippen LogP contribution in [0.15, 0.2) is 24.3 Å². The van der Waals surface area contributed by atoms with Crippen molar-refractivity contribution in [2.24, 2.45) is 0 Å². The Kier molecular flexibility index (Phi) is 3.83. The smallest absolute Gasteiger partial charge is 0.303 e. The molecular weight excluding hydrogens is 249 g/mol. The molecule has 5 heteroatoms. The number of rotatable bonds is 6. The first kappa shape index (κ1) is 13.5. The topological polar surface area (TPSA) is 66.4 Å². The maximum atomic E-state index is 12.9. The van der Waals surface area contributed by atoms with Crippen molar-refractivity contribution >= 4 is 11.9 Å². The minimum absolute atomic E-state index is 0.0455. The van der Waals surface area contributed by atoms with Gasteiger partial charge >= 0.3 is 5.97 Å². The van der Waals surface area contributed by atoms with Crippen LogP contribution in [0.5, 0.6) is 0 Å². The fourth-order valence-electron chi connectivity index (χ4n) is 2.15. The second-order valence-corrected chi connectivity index (χ2v) is 4.84. The number of hydrogen-bond acceptors (Lipinski definition) is 2. The quantitative estimate of drug-likeness (QED) is 0.771. The average molecular weight is 265 g/mol. The van der Waals surface area contributed by atoms with Crippen LogP contribution in [0.4, 0.5) is 4.39 Å². The summed E-state index contributed by atoms with van der Waals surface area (Å²) in [5.74, 6) is -1.28. The van der Waals surface area contributed by atoms with Gasteiger partial charge in [0.1, 0.15) is 5.82 Å². The first-order valence-corrected chi connectivity index (χ1v) is 6.31. The van der Waals surface area contributed by atoms with Crippen molar-refractivity contribution < 1.29 is 19.1 Å². The lowest BCUT2D eigenvalue weighted by Crippen LogP contribution is -2.35. The van der Waals surface area contributed by atoms with Crippen LogP contribution in [0, 0.1) is 5.82 Å². The second-order valence-electron chi connectivity index (χ2n) is 4.84. The third-order valence-corrected chi connectivity index (χ3v) is 3.43. The third kappa shape index (κ3) is 3.10. The number of carboxylic acids is 1. The van der Waals surface area contributed by atoms with Crippen molar-refractivity contribution in [2.75, 3.05) is 6.54 Å². The molecular formula is C14H16FNO3. The Balaban J connectivity index is 1.91. The molecule has 1 aliphatic carbocycles. The number of carboxylic acid groups (broad SMARTS) is 1. The molecule has 0 radical (unpaired) electrons. The molecule has 2 N–H and O–H groups in total. The summed E-state index contributed by atoms with van der Waals surface area (Å²) in [5, 5.41) is 11.3. The Morgan fingerprint density at radius 2 is 1.89 bits per heavy atom. The average Bonchev–Trinajstić information content (AvgIpc) is 3.16.